The number of ether oxygens (including phenoxy) is 2. The van der Waals surface area contributed by atoms with Crippen LogP contribution in [0.3, 0.4) is 0 Å². The summed E-state index contributed by atoms with van der Waals surface area (Å²) in [6.45, 7) is 3.77. The smallest absolute Gasteiger partial charge is 0.316 e. The molecule has 1 aliphatic rings. The van der Waals surface area contributed by atoms with Gasteiger partial charge in [-0.25, -0.2) is 14.4 Å². The normalized spacial score (nSPS) is 13.6. The number of rotatable bonds is 11. The SMILES string of the molecule is C.CCCCC(=O)N1CCC(COc2ncc(-c3cccc(COC(=O)CC(=N)N)c3F)cn2)CC1. The molecule has 0 unspecified atom stereocenters. The Kier molecular flexibility index (Phi) is 11.2. The minimum atomic E-state index is -0.694. The number of carbonyl (C=O) groups excluding carboxylic acids is 2. The van der Waals surface area contributed by atoms with Crippen molar-refractivity contribution < 1.29 is 23.5 Å². The van der Waals surface area contributed by atoms with Gasteiger partial charge in [-0.1, -0.05) is 39.0 Å². The predicted octanol–water partition coefficient (Wildman–Crippen LogP) is 4.10. The summed E-state index contributed by atoms with van der Waals surface area (Å²) in [5.41, 5.74) is 6.10. The molecule has 1 aromatic heterocycles. The zero-order valence-electron chi connectivity index (χ0n) is 20.0. The first-order chi connectivity index (χ1) is 16.9. The van der Waals surface area contributed by atoms with Gasteiger partial charge in [0.05, 0.1) is 6.61 Å². The molecule has 1 fully saturated rings. The van der Waals surface area contributed by atoms with E-state index in [1.165, 1.54) is 18.5 Å². The lowest BCUT2D eigenvalue weighted by atomic mass is 9.97. The second-order valence-electron chi connectivity index (χ2n) is 8.63. The van der Waals surface area contributed by atoms with Crippen molar-refractivity contribution in [2.75, 3.05) is 19.7 Å². The highest BCUT2D eigenvalue weighted by Gasteiger charge is 2.23. The van der Waals surface area contributed by atoms with Crippen molar-refractivity contribution in [3.63, 3.8) is 0 Å². The zero-order valence-corrected chi connectivity index (χ0v) is 20.0. The van der Waals surface area contributed by atoms with Crippen LogP contribution in [0, 0.1) is 17.1 Å². The van der Waals surface area contributed by atoms with Crippen LogP contribution in [-0.4, -0.2) is 52.3 Å². The summed E-state index contributed by atoms with van der Waals surface area (Å²) in [6, 6.07) is 4.97. The molecule has 0 aliphatic carbocycles. The van der Waals surface area contributed by atoms with Crippen molar-refractivity contribution in [3.05, 3.63) is 42.0 Å². The largest absolute Gasteiger partial charge is 0.463 e. The molecule has 1 aliphatic heterocycles. The number of aromatic nitrogens is 2. The first kappa shape index (κ1) is 28.7. The van der Waals surface area contributed by atoms with Crippen LogP contribution in [0.4, 0.5) is 4.39 Å². The third kappa shape index (κ3) is 8.28. The van der Waals surface area contributed by atoms with E-state index in [1.807, 2.05) is 4.90 Å². The molecule has 3 N–H and O–H groups in total. The number of carbonyl (C=O) groups is 2. The van der Waals surface area contributed by atoms with Crippen molar-refractivity contribution in [2.24, 2.45) is 11.7 Å². The number of likely N-dealkylation sites (tertiary alicyclic amines) is 1. The van der Waals surface area contributed by atoms with E-state index in [2.05, 4.69) is 16.9 Å². The van der Waals surface area contributed by atoms with Crippen LogP contribution in [-0.2, 0) is 20.9 Å². The van der Waals surface area contributed by atoms with E-state index in [9.17, 15) is 14.0 Å². The van der Waals surface area contributed by atoms with E-state index in [0.717, 1.165) is 38.8 Å². The average molecular weight is 502 g/mol. The van der Waals surface area contributed by atoms with E-state index in [4.69, 9.17) is 20.6 Å². The molecule has 3 rings (SSSR count). The van der Waals surface area contributed by atoms with Crippen molar-refractivity contribution in [1.29, 1.82) is 5.41 Å². The van der Waals surface area contributed by atoms with Gasteiger partial charge in [-0.2, -0.15) is 0 Å². The summed E-state index contributed by atoms with van der Waals surface area (Å²) in [5.74, 6) is -0.989. The van der Waals surface area contributed by atoms with Crippen LogP contribution in [0.25, 0.3) is 11.1 Å². The van der Waals surface area contributed by atoms with Gasteiger partial charge in [0.1, 0.15) is 24.7 Å². The molecule has 0 spiro atoms. The van der Waals surface area contributed by atoms with Gasteiger partial charge in [0, 0.05) is 48.6 Å². The second-order valence-corrected chi connectivity index (χ2v) is 8.63. The second kappa shape index (κ2) is 14.1. The number of nitrogens with one attached hydrogen (secondary N) is 1. The molecule has 2 aromatic rings. The minimum Gasteiger partial charge on any atom is -0.463 e. The summed E-state index contributed by atoms with van der Waals surface area (Å²) in [4.78, 5) is 34.1. The van der Waals surface area contributed by atoms with Crippen LogP contribution in [0.1, 0.15) is 58.4 Å². The molecule has 1 saturated heterocycles. The van der Waals surface area contributed by atoms with Gasteiger partial charge in [-0.3, -0.25) is 15.0 Å². The number of hydrogen-bond acceptors (Lipinski definition) is 7. The highest BCUT2D eigenvalue weighted by molar-refractivity contribution is 5.94. The molecule has 0 atom stereocenters. The van der Waals surface area contributed by atoms with Crippen molar-refractivity contribution >= 4 is 17.7 Å². The topological polar surface area (TPSA) is 131 Å². The van der Waals surface area contributed by atoms with Gasteiger partial charge in [0.15, 0.2) is 0 Å². The molecule has 36 heavy (non-hydrogen) atoms. The molecule has 0 saturated carbocycles. The fourth-order valence-corrected chi connectivity index (χ4v) is 3.84. The highest BCUT2D eigenvalue weighted by atomic mass is 19.1. The lowest BCUT2D eigenvalue weighted by molar-refractivity contribution is -0.143. The Bertz CT molecular complexity index is 1020. The average Bonchev–Trinajstić information content (AvgIpc) is 2.85. The Morgan fingerprint density at radius 1 is 1.22 bits per heavy atom. The Balaban J connectivity index is 0.00000456. The van der Waals surface area contributed by atoms with E-state index < -0.39 is 11.8 Å². The van der Waals surface area contributed by atoms with E-state index in [0.29, 0.717) is 24.5 Å². The molecule has 0 radical (unpaired) electrons. The molecule has 0 bridgehead atoms. The molecule has 1 aromatic carbocycles. The fourth-order valence-electron chi connectivity index (χ4n) is 3.84. The van der Waals surface area contributed by atoms with Crippen molar-refractivity contribution in [2.45, 2.75) is 59.5 Å². The molecular formula is C26H36FN5O4. The molecule has 1 amide bonds. The van der Waals surface area contributed by atoms with Gasteiger partial charge >= 0.3 is 12.0 Å². The zero-order chi connectivity index (χ0) is 25.2. The third-order valence-electron chi connectivity index (χ3n) is 5.90. The fraction of sp³-hybridized carbons (Fsp3) is 0.500. The molecule has 9 nitrogen and oxygen atoms in total. The van der Waals surface area contributed by atoms with Gasteiger partial charge in [0.2, 0.25) is 5.91 Å². The van der Waals surface area contributed by atoms with Gasteiger partial charge in [-0.15, -0.1) is 0 Å². The quantitative estimate of drug-likeness (QED) is 0.269. The lowest BCUT2D eigenvalue weighted by Gasteiger charge is -2.31. The predicted molar refractivity (Wildman–Crippen MR) is 135 cm³/mol. The summed E-state index contributed by atoms with van der Waals surface area (Å²) in [7, 11) is 0. The van der Waals surface area contributed by atoms with Crippen LogP contribution >= 0.6 is 0 Å². The molecule has 196 valence electrons. The number of amidine groups is 1. The van der Waals surface area contributed by atoms with Crippen LogP contribution in [0.2, 0.25) is 0 Å². The van der Waals surface area contributed by atoms with Crippen LogP contribution in [0.15, 0.2) is 30.6 Å². The highest BCUT2D eigenvalue weighted by Crippen LogP contribution is 2.25. The Morgan fingerprint density at radius 2 is 1.92 bits per heavy atom. The number of esters is 1. The number of unbranched alkanes of at least 4 members (excludes halogenated alkanes) is 1. The summed E-state index contributed by atoms with van der Waals surface area (Å²) >= 11 is 0. The van der Waals surface area contributed by atoms with Crippen molar-refractivity contribution in [3.8, 4) is 17.1 Å². The third-order valence-corrected chi connectivity index (χ3v) is 5.90. The number of benzene rings is 1. The maximum absolute atomic E-state index is 14.9. The number of nitrogens with zero attached hydrogens (tertiary/aromatic N) is 3. The molecule has 2 heterocycles. The van der Waals surface area contributed by atoms with Gasteiger partial charge in [-0.05, 0) is 25.2 Å². The van der Waals surface area contributed by atoms with Gasteiger partial charge < -0.3 is 20.1 Å². The van der Waals surface area contributed by atoms with Crippen LogP contribution < -0.4 is 10.5 Å². The number of piperidine rings is 1. The van der Waals surface area contributed by atoms with E-state index in [-0.39, 0.29) is 49.3 Å². The lowest BCUT2D eigenvalue weighted by Crippen LogP contribution is -2.39. The van der Waals surface area contributed by atoms with Gasteiger partial charge in [0.25, 0.3) is 0 Å². The minimum absolute atomic E-state index is 0. The first-order valence-corrected chi connectivity index (χ1v) is 11.9. The summed E-state index contributed by atoms with van der Waals surface area (Å²) < 4.78 is 25.7. The summed E-state index contributed by atoms with van der Waals surface area (Å²) in [6.07, 6.45) is 6.96. The van der Waals surface area contributed by atoms with Crippen molar-refractivity contribution in [1.82, 2.24) is 14.9 Å². The molecule has 10 heteroatoms. The maximum Gasteiger partial charge on any atom is 0.316 e. The number of halogens is 1. The first-order valence-electron chi connectivity index (χ1n) is 11.9. The Labute approximate surface area is 211 Å². The summed E-state index contributed by atoms with van der Waals surface area (Å²) in [5, 5.41) is 7.11. The standard InChI is InChI=1S/C25H32FN5O4.CH4/c1-2-3-7-22(32)31-10-8-17(9-11-31)15-35-25-29-13-19(14-30-25)20-6-4-5-18(24(20)26)16-34-23(33)12-21(27)28;/h4-6,13-14,17H,2-3,7-12,15-16H2,1H3,(H3,27,28);1H4. The molecular weight excluding hydrogens is 465 g/mol. The van der Waals surface area contributed by atoms with Crippen LogP contribution in [0.5, 0.6) is 6.01 Å². The number of nitrogens with two attached hydrogens (primary N) is 1. The van der Waals surface area contributed by atoms with E-state index >= 15 is 0 Å². The number of amides is 1. The van der Waals surface area contributed by atoms with E-state index in [1.54, 1.807) is 12.1 Å². The monoisotopic (exact) mass is 501 g/mol. The number of hydrogen-bond donors (Lipinski definition) is 2. The Hall–Kier alpha value is -3.56. The maximum atomic E-state index is 14.9. The Morgan fingerprint density at radius 3 is 2.56 bits per heavy atom.